The van der Waals surface area contributed by atoms with Crippen LogP contribution >= 0.6 is 0 Å². The number of carbonyl (C=O) groups excluding carboxylic acids is 1. The van der Waals surface area contributed by atoms with Crippen molar-refractivity contribution in [2.24, 2.45) is 5.92 Å². The lowest BCUT2D eigenvalue weighted by molar-refractivity contribution is -0.385. The maximum Gasteiger partial charge on any atom is 0.272 e. The number of hydrogen-bond acceptors (Lipinski definition) is 4. The summed E-state index contributed by atoms with van der Waals surface area (Å²) in [6, 6.07) is 2.96. The second-order valence-electron chi connectivity index (χ2n) is 5.00. The quantitative estimate of drug-likeness (QED) is 0.653. The van der Waals surface area contributed by atoms with E-state index in [4.69, 9.17) is 0 Å². The molecule has 1 amide bonds. The molecule has 8 heteroatoms. The maximum absolute atomic E-state index is 13.7. The van der Waals surface area contributed by atoms with Crippen LogP contribution in [0.1, 0.15) is 17.3 Å². The molecule has 1 heterocycles. The van der Waals surface area contributed by atoms with Crippen molar-refractivity contribution >= 4 is 11.6 Å². The Balaban J connectivity index is 1.93. The molecule has 0 bridgehead atoms. The van der Waals surface area contributed by atoms with Crippen molar-refractivity contribution in [1.82, 2.24) is 14.9 Å². The van der Waals surface area contributed by atoms with Crippen molar-refractivity contribution in [3.05, 3.63) is 58.4 Å². The maximum atomic E-state index is 13.7. The lowest BCUT2D eigenvalue weighted by Crippen LogP contribution is -2.30. The van der Waals surface area contributed by atoms with Crippen LogP contribution in [0.5, 0.6) is 0 Å². The van der Waals surface area contributed by atoms with Gasteiger partial charge in [-0.15, -0.1) is 0 Å². The number of amides is 1. The third kappa shape index (κ3) is 3.87. The molecule has 1 aromatic heterocycles. The highest BCUT2D eigenvalue weighted by Crippen LogP contribution is 2.16. The number of benzene rings is 1. The number of rotatable bonds is 6. The van der Waals surface area contributed by atoms with Gasteiger partial charge in [0.25, 0.3) is 11.6 Å². The first-order chi connectivity index (χ1) is 10.5. The molecule has 1 N–H and O–H groups in total. The number of imidazole rings is 1. The van der Waals surface area contributed by atoms with E-state index in [0.717, 1.165) is 18.2 Å². The van der Waals surface area contributed by atoms with Gasteiger partial charge in [-0.1, -0.05) is 6.92 Å². The Hall–Kier alpha value is -2.77. The Morgan fingerprint density at radius 3 is 2.91 bits per heavy atom. The van der Waals surface area contributed by atoms with E-state index in [9.17, 15) is 19.3 Å². The van der Waals surface area contributed by atoms with Crippen molar-refractivity contribution in [2.45, 2.75) is 13.5 Å². The molecule has 22 heavy (non-hydrogen) atoms. The zero-order valence-corrected chi connectivity index (χ0v) is 11.9. The first-order valence-corrected chi connectivity index (χ1v) is 6.65. The van der Waals surface area contributed by atoms with Gasteiger partial charge in [0.2, 0.25) is 0 Å². The van der Waals surface area contributed by atoms with Gasteiger partial charge in [0, 0.05) is 31.5 Å². The van der Waals surface area contributed by atoms with Crippen LogP contribution in [0.2, 0.25) is 0 Å². The zero-order valence-electron chi connectivity index (χ0n) is 11.9. The van der Waals surface area contributed by atoms with Crippen molar-refractivity contribution < 1.29 is 14.1 Å². The summed E-state index contributed by atoms with van der Waals surface area (Å²) in [4.78, 5) is 25.7. The van der Waals surface area contributed by atoms with Crippen LogP contribution in [-0.4, -0.2) is 26.9 Å². The van der Waals surface area contributed by atoms with Crippen molar-refractivity contribution in [2.75, 3.05) is 6.54 Å². The van der Waals surface area contributed by atoms with Crippen LogP contribution in [-0.2, 0) is 6.54 Å². The SMILES string of the molecule is CC(CNC(=O)c1ccc([N+](=O)[O-])cc1F)Cn1ccnc1. The zero-order chi connectivity index (χ0) is 16.1. The summed E-state index contributed by atoms with van der Waals surface area (Å²) < 4.78 is 15.6. The van der Waals surface area contributed by atoms with E-state index in [0.29, 0.717) is 13.1 Å². The number of aromatic nitrogens is 2. The molecular weight excluding hydrogens is 291 g/mol. The highest BCUT2D eigenvalue weighted by atomic mass is 19.1. The van der Waals surface area contributed by atoms with Crippen LogP contribution in [0.4, 0.5) is 10.1 Å². The first-order valence-electron chi connectivity index (χ1n) is 6.65. The van der Waals surface area contributed by atoms with Gasteiger partial charge in [0.1, 0.15) is 5.82 Å². The summed E-state index contributed by atoms with van der Waals surface area (Å²) in [7, 11) is 0. The fourth-order valence-corrected chi connectivity index (χ4v) is 1.98. The third-order valence-corrected chi connectivity index (χ3v) is 3.10. The molecule has 0 radical (unpaired) electrons. The molecular formula is C14H15FN4O3. The van der Waals surface area contributed by atoms with Crippen molar-refractivity contribution in [3.63, 3.8) is 0 Å². The van der Waals surface area contributed by atoms with Crippen LogP contribution in [0, 0.1) is 21.8 Å². The summed E-state index contributed by atoms with van der Waals surface area (Å²) in [6.07, 6.45) is 5.15. The van der Waals surface area contributed by atoms with Gasteiger partial charge in [-0.05, 0) is 12.0 Å². The molecule has 0 aliphatic rings. The van der Waals surface area contributed by atoms with E-state index in [1.165, 1.54) is 0 Å². The number of carbonyl (C=O) groups is 1. The van der Waals surface area contributed by atoms with Gasteiger partial charge >= 0.3 is 0 Å². The number of nitrogens with zero attached hydrogens (tertiary/aromatic N) is 3. The molecule has 0 saturated carbocycles. The van der Waals surface area contributed by atoms with E-state index in [-0.39, 0.29) is 17.2 Å². The van der Waals surface area contributed by atoms with Gasteiger partial charge in [-0.25, -0.2) is 9.37 Å². The number of nitro groups is 1. The number of hydrogen-bond donors (Lipinski definition) is 1. The number of nitrogens with one attached hydrogen (secondary N) is 1. The summed E-state index contributed by atoms with van der Waals surface area (Å²) in [6.45, 7) is 2.96. The molecule has 1 unspecified atom stereocenters. The molecule has 0 fully saturated rings. The standard InChI is InChI=1S/C14H15FN4O3/c1-10(8-18-5-4-16-9-18)7-17-14(20)12-3-2-11(19(21)22)6-13(12)15/h2-6,9-10H,7-8H2,1H3,(H,17,20). The highest BCUT2D eigenvalue weighted by molar-refractivity contribution is 5.94. The van der Waals surface area contributed by atoms with Crippen molar-refractivity contribution in [3.8, 4) is 0 Å². The molecule has 1 aromatic carbocycles. The average Bonchev–Trinajstić information content (AvgIpc) is 2.97. The minimum absolute atomic E-state index is 0.124. The van der Waals surface area contributed by atoms with Crippen molar-refractivity contribution in [1.29, 1.82) is 0 Å². The minimum atomic E-state index is -0.908. The van der Waals surface area contributed by atoms with Gasteiger partial charge in [0.05, 0.1) is 22.9 Å². The molecule has 0 aliphatic heterocycles. The fourth-order valence-electron chi connectivity index (χ4n) is 1.98. The lowest BCUT2D eigenvalue weighted by Gasteiger charge is -2.13. The van der Waals surface area contributed by atoms with Gasteiger partial charge in [-0.2, -0.15) is 0 Å². The second-order valence-corrected chi connectivity index (χ2v) is 5.00. The number of nitro benzene ring substituents is 1. The van der Waals surface area contributed by atoms with Gasteiger partial charge in [0.15, 0.2) is 0 Å². The summed E-state index contributed by atoms with van der Waals surface area (Å²) in [5.74, 6) is -1.38. The molecule has 7 nitrogen and oxygen atoms in total. The Morgan fingerprint density at radius 2 is 2.32 bits per heavy atom. The summed E-state index contributed by atoms with van der Waals surface area (Å²) >= 11 is 0. The van der Waals surface area contributed by atoms with Gasteiger partial charge in [-0.3, -0.25) is 14.9 Å². The second kappa shape index (κ2) is 6.79. The molecule has 0 spiro atoms. The fraction of sp³-hybridized carbons (Fsp3) is 0.286. The number of non-ortho nitro benzene ring substituents is 1. The third-order valence-electron chi connectivity index (χ3n) is 3.10. The van der Waals surface area contributed by atoms with Crippen LogP contribution in [0.25, 0.3) is 0 Å². The molecule has 2 rings (SSSR count). The predicted molar refractivity (Wildman–Crippen MR) is 76.8 cm³/mol. The molecule has 116 valence electrons. The topological polar surface area (TPSA) is 90.1 Å². The smallest absolute Gasteiger partial charge is 0.272 e. The van der Waals surface area contributed by atoms with Crippen LogP contribution in [0.15, 0.2) is 36.9 Å². The number of halogens is 1. The van der Waals surface area contributed by atoms with Crippen LogP contribution in [0.3, 0.4) is 0 Å². The Kier molecular flexibility index (Phi) is 4.82. The van der Waals surface area contributed by atoms with E-state index in [1.807, 2.05) is 17.7 Å². The van der Waals surface area contributed by atoms with Crippen LogP contribution < -0.4 is 5.32 Å². The Morgan fingerprint density at radius 1 is 1.55 bits per heavy atom. The normalized spacial score (nSPS) is 11.9. The minimum Gasteiger partial charge on any atom is -0.352 e. The van der Waals surface area contributed by atoms with Gasteiger partial charge < -0.3 is 9.88 Å². The average molecular weight is 306 g/mol. The summed E-state index contributed by atoms with van der Waals surface area (Å²) in [5, 5.41) is 13.1. The highest BCUT2D eigenvalue weighted by Gasteiger charge is 2.16. The first kappa shape index (κ1) is 15.6. The van der Waals surface area contributed by atoms with E-state index in [2.05, 4.69) is 10.3 Å². The molecule has 1 atom stereocenters. The molecule has 0 saturated heterocycles. The Labute approximate surface area is 125 Å². The largest absolute Gasteiger partial charge is 0.352 e. The monoisotopic (exact) mass is 306 g/mol. The lowest BCUT2D eigenvalue weighted by atomic mass is 10.1. The van der Waals surface area contributed by atoms with E-state index >= 15 is 0 Å². The van der Waals surface area contributed by atoms with E-state index in [1.54, 1.807) is 12.5 Å². The van der Waals surface area contributed by atoms with E-state index < -0.39 is 16.6 Å². The Bertz CT molecular complexity index is 673. The predicted octanol–water partition coefficient (Wildman–Crippen LogP) is 2.00. The summed E-state index contributed by atoms with van der Waals surface area (Å²) in [5.41, 5.74) is -0.594. The molecule has 2 aromatic rings. The molecule has 0 aliphatic carbocycles.